The summed E-state index contributed by atoms with van der Waals surface area (Å²) in [6, 6.07) is 12.3. The molecule has 0 spiro atoms. The minimum Gasteiger partial charge on any atom is -0.494 e. The van der Waals surface area contributed by atoms with E-state index in [0.29, 0.717) is 63.6 Å². The van der Waals surface area contributed by atoms with Crippen molar-refractivity contribution in [3.05, 3.63) is 76.9 Å². The normalized spacial score (nSPS) is 12.3. The van der Waals surface area contributed by atoms with E-state index in [4.69, 9.17) is 15.8 Å². The molecule has 0 saturated heterocycles. The third kappa shape index (κ3) is 4.48. The number of benzene rings is 1. The molecule has 1 aromatic carbocycles. The van der Waals surface area contributed by atoms with Gasteiger partial charge >= 0.3 is 0 Å². The van der Waals surface area contributed by atoms with Crippen molar-refractivity contribution in [2.24, 2.45) is 4.99 Å². The van der Waals surface area contributed by atoms with Gasteiger partial charge in [0.05, 0.1) is 47.6 Å². The average molecular weight is 487 g/mol. The Morgan fingerprint density at radius 1 is 1.11 bits per heavy atom. The summed E-state index contributed by atoms with van der Waals surface area (Å²) in [6.07, 6.45) is -2.43. The average Bonchev–Trinajstić information content (AvgIpc) is 3.50. The van der Waals surface area contributed by atoms with E-state index in [-0.39, 0.29) is 18.0 Å². The molecule has 5 rings (SSSR count). The van der Waals surface area contributed by atoms with Gasteiger partial charge < -0.3 is 19.4 Å². The van der Waals surface area contributed by atoms with Crippen molar-refractivity contribution >= 4 is 28.6 Å². The van der Waals surface area contributed by atoms with Crippen LogP contribution in [0, 0.1) is 13.5 Å². The van der Waals surface area contributed by atoms with Crippen molar-refractivity contribution in [1.29, 1.82) is 0 Å². The number of nitrogens with one attached hydrogen (secondary N) is 1. The Morgan fingerprint density at radius 2 is 1.94 bits per heavy atom. The largest absolute Gasteiger partial charge is 0.494 e. The number of aliphatic imine (C=N–C) groups is 1. The monoisotopic (exact) mass is 487 g/mol. The second kappa shape index (κ2) is 9.50. The summed E-state index contributed by atoms with van der Waals surface area (Å²) in [6.45, 7) is 8.87. The van der Waals surface area contributed by atoms with Gasteiger partial charge in [0.2, 0.25) is 11.7 Å². The van der Waals surface area contributed by atoms with E-state index in [9.17, 15) is 8.78 Å². The van der Waals surface area contributed by atoms with E-state index < -0.39 is 6.43 Å². The number of halogens is 2. The number of pyridine rings is 2. The number of rotatable bonds is 7. The molecule has 9 nitrogen and oxygen atoms in total. The van der Waals surface area contributed by atoms with Crippen LogP contribution in [-0.2, 0) is 12.8 Å². The predicted octanol–water partition coefficient (Wildman–Crippen LogP) is 5.62. The van der Waals surface area contributed by atoms with Crippen molar-refractivity contribution in [2.75, 3.05) is 12.4 Å². The van der Waals surface area contributed by atoms with Gasteiger partial charge in [0, 0.05) is 13.3 Å². The van der Waals surface area contributed by atoms with Crippen LogP contribution in [0.2, 0.25) is 0 Å². The molecule has 1 N–H and O–H groups in total. The van der Waals surface area contributed by atoms with Crippen LogP contribution >= 0.6 is 0 Å². The number of fused-ring (bicyclic) bond motifs is 1. The van der Waals surface area contributed by atoms with Crippen molar-refractivity contribution in [3.8, 4) is 17.1 Å². The number of methoxy groups -OCH3 is 1. The van der Waals surface area contributed by atoms with Crippen LogP contribution in [0.15, 0.2) is 52.0 Å². The SMILES string of the molecule is [C-]#[N+]c1cccc(Cc2cc(Nc3cccc(-c4noc(C)n4)c3OC)c3c(n2)CC(C(F)F)=N3)n1. The first-order valence-electron chi connectivity index (χ1n) is 10.9. The quantitative estimate of drug-likeness (QED) is 0.337. The molecule has 3 aromatic heterocycles. The van der Waals surface area contributed by atoms with Gasteiger partial charge in [-0.05, 0) is 30.3 Å². The zero-order valence-corrected chi connectivity index (χ0v) is 19.3. The Morgan fingerprint density at radius 3 is 2.67 bits per heavy atom. The smallest absolute Gasteiger partial charge is 0.277 e. The standard InChI is InChI=1S/C25H19F2N7O2/c1-13-29-25(34-36-13)16-7-5-8-17(23(16)35-3)32-18-11-15(10-14-6-4-9-21(28-2)31-14)30-19-12-20(24(26)27)33-22(18)19/h4-9,11,24H,10,12H2,1,3H3,(H,30,32). The number of hydrogen-bond donors (Lipinski definition) is 1. The molecular formula is C25H19F2N7O2. The van der Waals surface area contributed by atoms with Crippen LogP contribution in [0.3, 0.4) is 0 Å². The molecule has 0 saturated carbocycles. The van der Waals surface area contributed by atoms with E-state index >= 15 is 0 Å². The molecule has 1 aliphatic heterocycles. The second-order valence-corrected chi connectivity index (χ2v) is 7.96. The lowest BCUT2D eigenvalue weighted by molar-refractivity contribution is 0.224. The summed E-state index contributed by atoms with van der Waals surface area (Å²) < 4.78 is 37.7. The van der Waals surface area contributed by atoms with Gasteiger partial charge in [0.25, 0.3) is 12.2 Å². The summed E-state index contributed by atoms with van der Waals surface area (Å²) in [5.74, 6) is 1.49. The number of aromatic nitrogens is 4. The zero-order valence-electron chi connectivity index (χ0n) is 19.3. The van der Waals surface area contributed by atoms with Crippen LogP contribution in [0.25, 0.3) is 16.2 Å². The van der Waals surface area contributed by atoms with E-state index in [1.54, 1.807) is 49.4 Å². The third-order valence-electron chi connectivity index (χ3n) is 5.50. The molecule has 36 heavy (non-hydrogen) atoms. The molecule has 0 aliphatic carbocycles. The number of anilines is 2. The second-order valence-electron chi connectivity index (χ2n) is 7.96. The van der Waals surface area contributed by atoms with E-state index in [1.807, 2.05) is 0 Å². The number of aryl methyl sites for hydroxylation is 1. The summed E-state index contributed by atoms with van der Waals surface area (Å²) in [7, 11) is 1.52. The van der Waals surface area contributed by atoms with Crippen molar-refractivity contribution in [3.63, 3.8) is 0 Å². The maximum atomic E-state index is 13.5. The highest BCUT2D eigenvalue weighted by Crippen LogP contribution is 2.41. The minimum atomic E-state index is -2.69. The van der Waals surface area contributed by atoms with Gasteiger partial charge in [-0.25, -0.2) is 13.8 Å². The topological polar surface area (TPSA) is 103 Å². The van der Waals surface area contributed by atoms with Gasteiger partial charge in [-0.3, -0.25) is 4.98 Å². The number of hydrogen-bond acceptors (Lipinski definition) is 8. The molecule has 0 radical (unpaired) electrons. The molecule has 0 amide bonds. The molecule has 0 bridgehead atoms. The first kappa shape index (κ1) is 23.0. The van der Waals surface area contributed by atoms with Crippen molar-refractivity contribution in [1.82, 2.24) is 20.1 Å². The molecular weight excluding hydrogens is 468 g/mol. The Labute approximate surface area is 204 Å². The Bertz CT molecular complexity index is 1530. The summed E-state index contributed by atoms with van der Waals surface area (Å²) in [5, 5.41) is 7.24. The number of para-hydroxylation sites is 1. The van der Waals surface area contributed by atoms with Crippen LogP contribution in [0.5, 0.6) is 5.75 Å². The van der Waals surface area contributed by atoms with Gasteiger partial charge in [-0.15, -0.1) is 4.98 Å². The van der Waals surface area contributed by atoms with Crippen molar-refractivity contribution in [2.45, 2.75) is 26.2 Å². The molecule has 11 heteroatoms. The van der Waals surface area contributed by atoms with Crippen LogP contribution in [0.4, 0.5) is 31.7 Å². The Balaban J connectivity index is 1.56. The van der Waals surface area contributed by atoms with Gasteiger partial charge in [-0.1, -0.05) is 23.9 Å². The molecule has 4 heterocycles. The lowest BCUT2D eigenvalue weighted by Crippen LogP contribution is -2.10. The highest BCUT2D eigenvalue weighted by Gasteiger charge is 2.27. The third-order valence-corrected chi connectivity index (χ3v) is 5.50. The highest BCUT2D eigenvalue weighted by atomic mass is 19.3. The van der Waals surface area contributed by atoms with Crippen molar-refractivity contribution < 1.29 is 18.0 Å². The summed E-state index contributed by atoms with van der Waals surface area (Å²) >= 11 is 0. The van der Waals surface area contributed by atoms with E-state index in [0.717, 1.165) is 0 Å². The zero-order chi connectivity index (χ0) is 25.2. The summed E-state index contributed by atoms with van der Waals surface area (Å²) in [5.41, 5.74) is 3.44. The molecule has 0 unspecified atom stereocenters. The lowest BCUT2D eigenvalue weighted by Gasteiger charge is -2.16. The maximum Gasteiger partial charge on any atom is 0.277 e. The Hall–Kier alpha value is -4.72. The van der Waals surface area contributed by atoms with Gasteiger partial charge in [-0.2, -0.15) is 4.98 Å². The molecule has 0 fully saturated rings. The Kier molecular flexibility index (Phi) is 6.08. The fourth-order valence-electron chi connectivity index (χ4n) is 3.96. The van der Waals surface area contributed by atoms with Crippen LogP contribution < -0.4 is 10.1 Å². The summed E-state index contributed by atoms with van der Waals surface area (Å²) in [4.78, 5) is 20.7. The molecule has 180 valence electrons. The maximum absolute atomic E-state index is 13.5. The first-order valence-corrected chi connectivity index (χ1v) is 10.9. The van der Waals surface area contributed by atoms with Gasteiger partial charge in [0.15, 0.2) is 5.75 Å². The fraction of sp³-hybridized carbons (Fsp3) is 0.200. The van der Waals surface area contributed by atoms with E-state index in [1.165, 1.54) is 7.11 Å². The molecule has 4 aromatic rings. The molecule has 0 atom stereocenters. The van der Waals surface area contributed by atoms with Crippen LogP contribution in [-0.4, -0.2) is 39.4 Å². The number of ether oxygens (including phenoxy) is 1. The van der Waals surface area contributed by atoms with E-state index in [2.05, 4.69) is 35.3 Å². The lowest BCUT2D eigenvalue weighted by atomic mass is 10.1. The minimum absolute atomic E-state index is 0.0512. The van der Waals surface area contributed by atoms with Crippen LogP contribution in [0.1, 0.15) is 23.0 Å². The number of alkyl halides is 2. The highest BCUT2D eigenvalue weighted by molar-refractivity contribution is 5.98. The van der Waals surface area contributed by atoms with Gasteiger partial charge in [0.1, 0.15) is 11.4 Å². The first-order chi connectivity index (χ1) is 17.4. The number of nitrogens with zero attached hydrogens (tertiary/aromatic N) is 6. The molecule has 1 aliphatic rings. The fourth-order valence-corrected chi connectivity index (χ4v) is 3.96. The predicted molar refractivity (Wildman–Crippen MR) is 129 cm³/mol.